The number of amides is 2. The zero-order valence-corrected chi connectivity index (χ0v) is 38.1. The smallest absolute Gasteiger partial charge is 0.219 e. The summed E-state index contributed by atoms with van der Waals surface area (Å²) in [6.45, 7) is 27.7. The molecule has 60 heavy (non-hydrogen) atoms. The highest BCUT2D eigenvalue weighted by atomic mass is 16.2. The van der Waals surface area contributed by atoms with E-state index >= 15 is 0 Å². The van der Waals surface area contributed by atoms with E-state index in [0.29, 0.717) is 12.3 Å². The standard InChI is InChI=1S/C22H24N4O.C20H20N4O.4C2H6/c1-3-20(27)23-12-16-13-26(14-16)22-18-10-6-7-11-19(18)24-21(25-22)17-9-5-4-8-15(17)2;1-13-7-3-4-8-16(13)19-22-18-10-6-5-9-17(18)20(23-19)24-11-15(12-24)21-14(2)25;4*1-2/h4-11,16H,3,12-14H2,1-2H3,(H,23,27);3-10,15H,11-12H2,1-2H3,(H,21,25);4*1-2H3. The Kier molecular flexibility index (Phi) is 20.1. The summed E-state index contributed by atoms with van der Waals surface area (Å²) in [7, 11) is 0. The molecule has 10 nitrogen and oxygen atoms in total. The van der Waals surface area contributed by atoms with Crippen LogP contribution in [-0.4, -0.2) is 70.5 Å². The van der Waals surface area contributed by atoms with Crippen LogP contribution in [0.25, 0.3) is 44.6 Å². The molecule has 6 aromatic rings. The van der Waals surface area contributed by atoms with Gasteiger partial charge in [-0.05, 0) is 49.2 Å². The van der Waals surface area contributed by atoms with E-state index < -0.39 is 0 Å². The summed E-state index contributed by atoms with van der Waals surface area (Å²) in [5, 5.41) is 8.07. The van der Waals surface area contributed by atoms with Crippen molar-refractivity contribution in [2.75, 3.05) is 42.5 Å². The van der Waals surface area contributed by atoms with Crippen LogP contribution in [-0.2, 0) is 9.59 Å². The molecule has 2 saturated heterocycles. The Labute approximate surface area is 359 Å². The molecule has 2 aliphatic rings. The zero-order valence-electron chi connectivity index (χ0n) is 38.1. The number of benzene rings is 4. The number of carbonyl (C=O) groups is 2. The third-order valence-electron chi connectivity index (χ3n) is 9.69. The first-order chi connectivity index (χ1) is 29.3. The molecule has 8 rings (SSSR count). The van der Waals surface area contributed by atoms with Gasteiger partial charge in [-0.25, -0.2) is 19.9 Å². The number of hydrogen-bond acceptors (Lipinski definition) is 8. The fourth-order valence-corrected chi connectivity index (χ4v) is 6.78. The predicted molar refractivity (Wildman–Crippen MR) is 254 cm³/mol. The van der Waals surface area contributed by atoms with Crippen LogP contribution in [0, 0.1) is 19.8 Å². The number of fused-ring (bicyclic) bond motifs is 2. The van der Waals surface area contributed by atoms with Crippen molar-refractivity contribution in [1.29, 1.82) is 0 Å². The Morgan fingerprint density at radius 2 is 0.983 bits per heavy atom. The lowest BCUT2D eigenvalue weighted by molar-refractivity contribution is -0.121. The van der Waals surface area contributed by atoms with Crippen LogP contribution in [0.4, 0.5) is 11.6 Å². The van der Waals surface area contributed by atoms with Crippen LogP contribution < -0.4 is 20.4 Å². The van der Waals surface area contributed by atoms with Crippen molar-refractivity contribution >= 4 is 45.3 Å². The molecule has 0 spiro atoms. The first-order valence-electron chi connectivity index (χ1n) is 22.0. The molecule has 2 aliphatic heterocycles. The number of aromatic nitrogens is 4. The van der Waals surface area contributed by atoms with E-state index in [1.165, 1.54) is 5.56 Å². The van der Waals surface area contributed by atoms with E-state index in [1.54, 1.807) is 6.92 Å². The number of nitrogens with zero attached hydrogens (tertiary/aromatic N) is 6. The van der Waals surface area contributed by atoms with Crippen LogP contribution in [0.1, 0.15) is 86.8 Å². The molecule has 10 heteroatoms. The molecule has 320 valence electrons. The normalized spacial score (nSPS) is 12.8. The van der Waals surface area contributed by atoms with Gasteiger partial charge in [-0.1, -0.05) is 135 Å². The minimum absolute atomic E-state index is 0.0118. The Bertz CT molecular complexity index is 2250. The van der Waals surface area contributed by atoms with E-state index in [0.717, 1.165) is 94.5 Å². The van der Waals surface area contributed by atoms with Crippen LogP contribution in [0.2, 0.25) is 0 Å². The van der Waals surface area contributed by atoms with Gasteiger partial charge >= 0.3 is 0 Å². The van der Waals surface area contributed by atoms with Gasteiger partial charge in [-0.3, -0.25) is 9.59 Å². The molecule has 4 heterocycles. The van der Waals surface area contributed by atoms with Crippen molar-refractivity contribution in [3.63, 3.8) is 0 Å². The molecule has 2 aromatic heterocycles. The lowest BCUT2D eigenvalue weighted by Gasteiger charge is -2.40. The van der Waals surface area contributed by atoms with Crippen LogP contribution in [0.5, 0.6) is 0 Å². The van der Waals surface area contributed by atoms with Crippen molar-refractivity contribution in [2.24, 2.45) is 5.92 Å². The van der Waals surface area contributed by atoms with Crippen molar-refractivity contribution in [2.45, 2.75) is 95.5 Å². The van der Waals surface area contributed by atoms with Gasteiger partial charge in [0.15, 0.2) is 11.6 Å². The molecule has 0 aliphatic carbocycles. The summed E-state index contributed by atoms with van der Waals surface area (Å²) in [5.41, 5.74) is 6.34. The molecular formula is C50H68N8O2. The minimum atomic E-state index is 0.0118. The van der Waals surface area contributed by atoms with E-state index in [9.17, 15) is 9.59 Å². The monoisotopic (exact) mass is 813 g/mol. The first-order valence-corrected chi connectivity index (χ1v) is 22.0. The summed E-state index contributed by atoms with van der Waals surface area (Å²) < 4.78 is 0. The van der Waals surface area contributed by atoms with Gasteiger partial charge in [0.1, 0.15) is 11.6 Å². The molecular weight excluding hydrogens is 745 g/mol. The molecule has 0 saturated carbocycles. The fourth-order valence-electron chi connectivity index (χ4n) is 6.78. The van der Waals surface area contributed by atoms with Gasteiger partial charge in [0.05, 0.1) is 17.1 Å². The van der Waals surface area contributed by atoms with Gasteiger partial charge < -0.3 is 20.4 Å². The second kappa shape index (κ2) is 24.9. The van der Waals surface area contributed by atoms with Gasteiger partial charge in [0.25, 0.3) is 0 Å². The van der Waals surface area contributed by atoms with Gasteiger partial charge in [0, 0.05) is 73.9 Å². The molecule has 2 N–H and O–H groups in total. The zero-order chi connectivity index (χ0) is 44.2. The van der Waals surface area contributed by atoms with Crippen molar-refractivity contribution in [3.05, 3.63) is 108 Å². The Morgan fingerprint density at radius 1 is 0.583 bits per heavy atom. The van der Waals surface area contributed by atoms with Gasteiger partial charge in [-0.15, -0.1) is 0 Å². The van der Waals surface area contributed by atoms with E-state index in [-0.39, 0.29) is 17.9 Å². The largest absolute Gasteiger partial charge is 0.356 e. The van der Waals surface area contributed by atoms with Crippen molar-refractivity contribution < 1.29 is 9.59 Å². The number of nitrogens with one attached hydrogen (secondary N) is 2. The summed E-state index contributed by atoms with van der Waals surface area (Å²) in [6.07, 6.45) is 0.534. The van der Waals surface area contributed by atoms with Crippen LogP contribution >= 0.6 is 0 Å². The highest BCUT2D eigenvalue weighted by Crippen LogP contribution is 2.33. The third kappa shape index (κ3) is 12.3. The first kappa shape index (κ1) is 48.5. The van der Waals surface area contributed by atoms with Crippen molar-refractivity contribution in [1.82, 2.24) is 30.6 Å². The maximum absolute atomic E-state index is 11.5. The van der Waals surface area contributed by atoms with E-state index in [2.05, 4.69) is 70.7 Å². The lowest BCUT2D eigenvalue weighted by Crippen LogP contribution is -2.59. The molecule has 2 fully saturated rings. The van der Waals surface area contributed by atoms with Gasteiger partial charge in [0.2, 0.25) is 11.8 Å². The second-order valence-corrected chi connectivity index (χ2v) is 13.6. The second-order valence-electron chi connectivity index (χ2n) is 13.6. The van der Waals surface area contributed by atoms with Crippen LogP contribution in [0.3, 0.4) is 0 Å². The number of carbonyl (C=O) groups excluding carboxylic acids is 2. The molecule has 2 amide bonds. The summed E-state index contributed by atoms with van der Waals surface area (Å²) >= 11 is 0. The Morgan fingerprint density at radius 3 is 1.40 bits per heavy atom. The van der Waals surface area contributed by atoms with E-state index in [4.69, 9.17) is 19.9 Å². The number of rotatable bonds is 8. The maximum Gasteiger partial charge on any atom is 0.219 e. The molecule has 0 unspecified atom stereocenters. The minimum Gasteiger partial charge on any atom is -0.356 e. The summed E-state index contributed by atoms with van der Waals surface area (Å²) in [4.78, 5) is 46.5. The highest BCUT2D eigenvalue weighted by Gasteiger charge is 2.31. The molecule has 0 radical (unpaired) electrons. The predicted octanol–water partition coefficient (Wildman–Crippen LogP) is 10.6. The Balaban J connectivity index is 0.000000276. The van der Waals surface area contributed by atoms with Crippen molar-refractivity contribution in [3.8, 4) is 22.8 Å². The quantitative estimate of drug-likeness (QED) is 0.156. The third-order valence-corrected chi connectivity index (χ3v) is 9.69. The average Bonchev–Trinajstić information content (AvgIpc) is 3.27. The highest BCUT2D eigenvalue weighted by molar-refractivity contribution is 5.92. The van der Waals surface area contributed by atoms with E-state index in [1.807, 2.05) is 123 Å². The number of hydrogen-bond donors (Lipinski definition) is 2. The fraction of sp³-hybridized carbons (Fsp3) is 0.400. The number of anilines is 2. The summed E-state index contributed by atoms with van der Waals surface area (Å²) in [6, 6.07) is 32.8. The SMILES string of the molecule is CC.CC.CC.CC.CC(=O)NC1CN(c2nc(-c3ccccc3C)nc3ccccc23)C1.CCC(=O)NCC1CN(c2nc(-c3ccccc3C)nc3ccccc23)C1. The van der Waals surface area contributed by atoms with Crippen LogP contribution in [0.15, 0.2) is 97.1 Å². The summed E-state index contributed by atoms with van der Waals surface area (Å²) in [5.74, 6) is 4.03. The molecule has 0 bridgehead atoms. The molecule has 4 aromatic carbocycles. The lowest BCUT2D eigenvalue weighted by atomic mass is 9.99. The number of para-hydroxylation sites is 2. The average molecular weight is 813 g/mol. The van der Waals surface area contributed by atoms with Gasteiger partial charge in [-0.2, -0.15) is 0 Å². The molecule has 0 atom stereocenters. The number of aryl methyl sites for hydroxylation is 2. The Hall–Kier alpha value is -5.90. The topological polar surface area (TPSA) is 116 Å². The maximum atomic E-state index is 11.5.